The van der Waals surface area contributed by atoms with Gasteiger partial charge in [0.25, 0.3) is 0 Å². The molecule has 2 aliphatic rings. The highest BCUT2D eigenvalue weighted by Gasteiger charge is 2.25. The molecule has 2 fully saturated rings. The fraction of sp³-hybridized carbons (Fsp3) is 0.517. The summed E-state index contributed by atoms with van der Waals surface area (Å²) in [6.45, 7) is 15.7. The smallest absolute Gasteiger partial charge is 0.317 e. The van der Waals surface area contributed by atoms with Gasteiger partial charge in [0, 0.05) is 57.2 Å². The molecule has 0 aliphatic carbocycles. The number of carbonyl (C=O) groups excluding carboxylic acids is 1. The number of rotatable bonds is 8. The number of aromatic nitrogens is 1. The van der Waals surface area contributed by atoms with E-state index in [2.05, 4.69) is 77.2 Å². The molecule has 2 aliphatic heterocycles. The number of carbonyl (C=O) groups is 1. The van der Waals surface area contributed by atoms with E-state index in [0.717, 1.165) is 30.0 Å². The lowest BCUT2D eigenvalue weighted by Crippen LogP contribution is -2.51. The average Bonchev–Trinajstić information content (AvgIpc) is 3.36. The third-order valence-corrected chi connectivity index (χ3v) is 7.76. The first-order chi connectivity index (χ1) is 17.9. The molecule has 3 heterocycles. The number of hydrogen-bond acceptors (Lipinski definition) is 5. The van der Waals surface area contributed by atoms with E-state index in [1.54, 1.807) is 4.90 Å². The van der Waals surface area contributed by atoms with Gasteiger partial charge in [-0.3, -0.25) is 0 Å². The summed E-state index contributed by atoms with van der Waals surface area (Å²) < 4.78 is 1.85. The number of aliphatic hydroxyl groups excluding tert-OH is 1. The predicted octanol–water partition coefficient (Wildman–Crippen LogP) is 3.89. The quantitative estimate of drug-likeness (QED) is 0.533. The number of likely N-dealkylation sites (tertiary alicyclic amines) is 1. The van der Waals surface area contributed by atoms with E-state index in [1.807, 2.05) is 17.8 Å². The lowest BCUT2D eigenvalue weighted by molar-refractivity contribution is 0.163. The number of piperidine rings is 1. The van der Waals surface area contributed by atoms with Crippen LogP contribution in [0, 0.1) is 0 Å². The monoisotopic (exact) mass is 506 g/mol. The molecule has 2 amide bonds. The molecule has 0 radical (unpaired) electrons. The van der Waals surface area contributed by atoms with Crippen LogP contribution in [0.5, 0.6) is 0 Å². The molecule has 8 nitrogen and oxygen atoms in total. The summed E-state index contributed by atoms with van der Waals surface area (Å²) in [7, 11) is 0. The third-order valence-electron chi connectivity index (χ3n) is 7.76. The molecule has 0 unspecified atom stereocenters. The zero-order valence-corrected chi connectivity index (χ0v) is 22.6. The zero-order chi connectivity index (χ0) is 26.4. The minimum Gasteiger partial charge on any atom is -0.395 e. The van der Waals surface area contributed by atoms with Gasteiger partial charge < -0.3 is 25.1 Å². The van der Waals surface area contributed by atoms with Gasteiger partial charge in [-0.25, -0.2) is 9.47 Å². The Morgan fingerprint density at radius 2 is 1.73 bits per heavy atom. The molecule has 0 saturated carbocycles. The van der Waals surface area contributed by atoms with E-state index in [9.17, 15) is 4.79 Å². The Labute approximate surface area is 221 Å². The van der Waals surface area contributed by atoms with Crippen molar-refractivity contribution in [3.63, 3.8) is 0 Å². The number of nitrogens with zero attached hydrogens (tertiary/aromatic N) is 5. The first-order valence-corrected chi connectivity index (χ1v) is 13.5. The Morgan fingerprint density at radius 3 is 2.30 bits per heavy atom. The summed E-state index contributed by atoms with van der Waals surface area (Å²) in [6.07, 6.45) is 6.59. The number of allylic oxidation sites excluding steroid dienone is 1. The molecule has 1 aromatic heterocycles. The molecule has 4 rings (SSSR count). The standard InChI is InChI=1S/C29H42N6O2/c1-5-27(33-15-17-34(18-16-33)29(37)31-12-19-36)28-20-26(21-35(28)30-4)24-8-6-23(7-9-24)25-10-13-32(14-11-25)22(2)3/h5-9,20-22,25,36H,4,10-19H2,1-3H3,(H,31,37)/b27-5+. The van der Waals surface area contributed by atoms with Crippen molar-refractivity contribution in [2.75, 3.05) is 52.4 Å². The number of aliphatic hydroxyl groups is 1. The largest absolute Gasteiger partial charge is 0.395 e. The van der Waals surface area contributed by atoms with Gasteiger partial charge in [0.1, 0.15) is 0 Å². The van der Waals surface area contributed by atoms with E-state index < -0.39 is 0 Å². The first-order valence-electron chi connectivity index (χ1n) is 13.5. The van der Waals surface area contributed by atoms with Crippen molar-refractivity contribution in [3.8, 4) is 11.1 Å². The Bertz CT molecular complexity index is 1070. The van der Waals surface area contributed by atoms with Gasteiger partial charge in [0.05, 0.1) is 18.0 Å². The Hall–Kier alpha value is -3.10. The fourth-order valence-electron chi connectivity index (χ4n) is 5.53. The van der Waals surface area contributed by atoms with Crippen molar-refractivity contribution in [3.05, 3.63) is 53.9 Å². The minimum absolute atomic E-state index is 0.0529. The van der Waals surface area contributed by atoms with Crippen molar-refractivity contribution < 1.29 is 9.90 Å². The Balaban J connectivity index is 1.44. The normalized spacial score (nSPS) is 17.9. The molecule has 2 N–H and O–H groups in total. The number of piperazine rings is 1. The summed E-state index contributed by atoms with van der Waals surface area (Å²) in [4.78, 5) is 18.9. The summed E-state index contributed by atoms with van der Waals surface area (Å²) in [6, 6.07) is 11.7. The van der Waals surface area contributed by atoms with Gasteiger partial charge >= 0.3 is 6.03 Å². The van der Waals surface area contributed by atoms with Gasteiger partial charge in [-0.05, 0) is 69.8 Å². The number of hydrogen-bond donors (Lipinski definition) is 2. The number of amides is 2. The SMILES string of the molecule is C=Nn1cc(-c2ccc(C3CCN(C(C)C)CC3)cc2)cc1/C(=C\C)N1CCN(C(=O)NCCO)CC1. The average molecular weight is 507 g/mol. The maximum absolute atomic E-state index is 12.2. The molecule has 2 aromatic rings. The highest BCUT2D eigenvalue weighted by molar-refractivity contribution is 5.75. The molecule has 8 heteroatoms. The Morgan fingerprint density at radius 1 is 1.08 bits per heavy atom. The van der Waals surface area contributed by atoms with Crippen LogP contribution in [-0.4, -0.2) is 95.7 Å². The van der Waals surface area contributed by atoms with Gasteiger partial charge in [0.2, 0.25) is 0 Å². The van der Waals surface area contributed by atoms with Crippen molar-refractivity contribution >= 4 is 18.4 Å². The van der Waals surface area contributed by atoms with Crippen molar-refractivity contribution in [2.24, 2.45) is 5.10 Å². The van der Waals surface area contributed by atoms with Crippen LogP contribution in [0.15, 0.2) is 47.7 Å². The van der Waals surface area contributed by atoms with Crippen LogP contribution >= 0.6 is 0 Å². The predicted molar refractivity (Wildman–Crippen MR) is 151 cm³/mol. The van der Waals surface area contributed by atoms with Gasteiger partial charge in [-0.15, -0.1) is 0 Å². The maximum atomic E-state index is 12.2. The van der Waals surface area contributed by atoms with Crippen LogP contribution in [0.2, 0.25) is 0 Å². The van der Waals surface area contributed by atoms with Gasteiger partial charge in [-0.1, -0.05) is 30.3 Å². The van der Waals surface area contributed by atoms with Crippen molar-refractivity contribution in [1.82, 2.24) is 24.7 Å². The summed E-state index contributed by atoms with van der Waals surface area (Å²) in [5.41, 5.74) is 5.81. The Kier molecular flexibility index (Phi) is 9.05. The van der Waals surface area contributed by atoms with E-state index in [-0.39, 0.29) is 19.2 Å². The fourth-order valence-corrected chi connectivity index (χ4v) is 5.53. The maximum Gasteiger partial charge on any atom is 0.317 e. The van der Waals surface area contributed by atoms with Gasteiger partial charge in [-0.2, -0.15) is 5.10 Å². The lowest BCUT2D eigenvalue weighted by Gasteiger charge is -2.37. The second-order valence-electron chi connectivity index (χ2n) is 10.2. The molecule has 1 aromatic carbocycles. The first kappa shape index (κ1) is 26.9. The van der Waals surface area contributed by atoms with Crippen LogP contribution in [0.1, 0.15) is 50.8 Å². The van der Waals surface area contributed by atoms with Gasteiger partial charge in [0.15, 0.2) is 0 Å². The second-order valence-corrected chi connectivity index (χ2v) is 10.2. The molecule has 2 saturated heterocycles. The minimum atomic E-state index is -0.122. The van der Waals surface area contributed by atoms with E-state index in [4.69, 9.17) is 5.11 Å². The molecule has 0 bridgehead atoms. The molecule has 200 valence electrons. The topological polar surface area (TPSA) is 76.3 Å². The van der Waals surface area contributed by atoms with E-state index in [0.29, 0.717) is 25.0 Å². The molecular formula is C29H42N6O2. The molecule has 37 heavy (non-hydrogen) atoms. The summed E-state index contributed by atoms with van der Waals surface area (Å²) in [5.74, 6) is 0.637. The van der Waals surface area contributed by atoms with E-state index in [1.165, 1.54) is 37.1 Å². The lowest BCUT2D eigenvalue weighted by atomic mass is 9.88. The van der Waals surface area contributed by atoms with E-state index >= 15 is 0 Å². The second kappa shape index (κ2) is 12.4. The number of benzene rings is 1. The van der Waals surface area contributed by atoms with Crippen LogP contribution in [-0.2, 0) is 0 Å². The van der Waals surface area contributed by atoms with Crippen molar-refractivity contribution in [1.29, 1.82) is 0 Å². The highest BCUT2D eigenvalue weighted by atomic mass is 16.3. The van der Waals surface area contributed by atoms with Crippen LogP contribution in [0.25, 0.3) is 16.8 Å². The highest BCUT2D eigenvalue weighted by Crippen LogP contribution is 2.32. The van der Waals surface area contributed by atoms with Crippen LogP contribution < -0.4 is 5.32 Å². The third kappa shape index (κ3) is 6.25. The zero-order valence-electron chi connectivity index (χ0n) is 22.6. The van der Waals surface area contributed by atoms with Crippen LogP contribution in [0.3, 0.4) is 0 Å². The molecule has 0 atom stereocenters. The molecule has 0 spiro atoms. The summed E-state index contributed by atoms with van der Waals surface area (Å²) in [5, 5.41) is 16.0. The summed E-state index contributed by atoms with van der Waals surface area (Å²) >= 11 is 0. The van der Waals surface area contributed by atoms with Crippen molar-refractivity contribution in [2.45, 2.75) is 45.6 Å². The number of nitrogens with one attached hydrogen (secondary N) is 1. The van der Waals surface area contributed by atoms with Crippen LogP contribution in [0.4, 0.5) is 4.79 Å². The molecular weight excluding hydrogens is 464 g/mol. The number of urea groups is 1.